The lowest BCUT2D eigenvalue weighted by Gasteiger charge is -2.08. The second-order valence-electron chi connectivity index (χ2n) is 6.87. The number of pyridine rings is 1. The Morgan fingerprint density at radius 3 is 2.57 bits per heavy atom. The van der Waals surface area contributed by atoms with Crippen molar-refractivity contribution in [2.75, 3.05) is 7.11 Å². The number of rotatable bonds is 6. The summed E-state index contributed by atoms with van der Waals surface area (Å²) in [5, 5.41) is 4.11. The number of hydrogen-bond donors (Lipinski definition) is 1. The molecule has 0 atom stereocenters. The quantitative estimate of drug-likeness (QED) is 0.434. The Morgan fingerprint density at radius 2 is 1.83 bits per heavy atom. The van der Waals surface area contributed by atoms with Gasteiger partial charge in [-0.25, -0.2) is 0 Å². The SMILES string of the molecule is COc1cc(CNCc2cccnc2)cc2cc(-c3cccc(C(F)(F)F)c3)oc12. The Balaban J connectivity index is 1.61. The number of furan rings is 1. The van der Waals surface area contributed by atoms with Crippen LogP contribution in [0.3, 0.4) is 0 Å². The molecule has 1 N–H and O–H groups in total. The number of aromatic nitrogens is 1. The summed E-state index contributed by atoms with van der Waals surface area (Å²) in [5.41, 5.74) is 2.19. The molecule has 4 aromatic rings. The summed E-state index contributed by atoms with van der Waals surface area (Å²) in [6.07, 6.45) is -0.885. The molecule has 2 aromatic carbocycles. The van der Waals surface area contributed by atoms with Crippen LogP contribution >= 0.6 is 0 Å². The highest BCUT2D eigenvalue weighted by molar-refractivity contribution is 5.88. The van der Waals surface area contributed by atoms with Crippen molar-refractivity contribution >= 4 is 11.0 Å². The van der Waals surface area contributed by atoms with Gasteiger partial charge in [0, 0.05) is 36.4 Å². The van der Waals surface area contributed by atoms with Crippen LogP contribution < -0.4 is 10.1 Å². The molecule has 0 unspecified atom stereocenters. The Bertz CT molecular complexity index is 1150. The van der Waals surface area contributed by atoms with E-state index in [4.69, 9.17) is 9.15 Å². The second kappa shape index (κ2) is 8.20. The number of benzene rings is 2. The molecule has 0 saturated carbocycles. The maximum absolute atomic E-state index is 13.0. The summed E-state index contributed by atoms with van der Waals surface area (Å²) in [5.74, 6) is 0.888. The molecule has 0 saturated heterocycles. The van der Waals surface area contributed by atoms with E-state index in [0.29, 0.717) is 35.7 Å². The van der Waals surface area contributed by atoms with E-state index in [0.717, 1.165) is 28.6 Å². The van der Waals surface area contributed by atoms with Crippen LogP contribution in [0.4, 0.5) is 13.2 Å². The monoisotopic (exact) mass is 412 g/mol. The molecule has 0 aliphatic rings. The fourth-order valence-electron chi connectivity index (χ4n) is 3.28. The molecular weight excluding hydrogens is 393 g/mol. The Morgan fingerprint density at radius 1 is 1.00 bits per heavy atom. The summed E-state index contributed by atoms with van der Waals surface area (Å²) in [7, 11) is 1.54. The topological polar surface area (TPSA) is 47.3 Å². The average Bonchev–Trinajstić information content (AvgIpc) is 3.18. The van der Waals surface area contributed by atoms with E-state index >= 15 is 0 Å². The molecule has 7 heteroatoms. The first-order valence-corrected chi connectivity index (χ1v) is 9.32. The summed E-state index contributed by atoms with van der Waals surface area (Å²) in [6, 6.07) is 14.5. The molecule has 0 aliphatic heterocycles. The molecule has 0 aliphatic carbocycles. The lowest BCUT2D eigenvalue weighted by molar-refractivity contribution is -0.137. The maximum Gasteiger partial charge on any atom is 0.416 e. The Hall–Kier alpha value is -3.32. The summed E-state index contributed by atoms with van der Waals surface area (Å²) >= 11 is 0. The average molecular weight is 412 g/mol. The number of hydrogen-bond acceptors (Lipinski definition) is 4. The zero-order chi connectivity index (χ0) is 21.1. The minimum absolute atomic E-state index is 0.356. The highest BCUT2D eigenvalue weighted by Gasteiger charge is 2.30. The number of methoxy groups -OCH3 is 1. The van der Waals surface area contributed by atoms with Gasteiger partial charge in [0.2, 0.25) is 0 Å². The third-order valence-electron chi connectivity index (χ3n) is 4.72. The van der Waals surface area contributed by atoms with Crippen molar-refractivity contribution in [2.24, 2.45) is 0 Å². The number of nitrogens with zero attached hydrogens (tertiary/aromatic N) is 1. The van der Waals surface area contributed by atoms with E-state index in [2.05, 4.69) is 10.3 Å². The molecule has 0 radical (unpaired) electrons. The van der Waals surface area contributed by atoms with Gasteiger partial charge in [0.15, 0.2) is 11.3 Å². The number of ether oxygens (including phenoxy) is 1. The van der Waals surface area contributed by atoms with Gasteiger partial charge in [0.1, 0.15) is 5.76 Å². The normalized spacial score (nSPS) is 11.7. The highest BCUT2D eigenvalue weighted by Crippen LogP contribution is 2.37. The summed E-state index contributed by atoms with van der Waals surface area (Å²) < 4.78 is 50.4. The number of fused-ring (bicyclic) bond motifs is 1. The van der Waals surface area contributed by atoms with Gasteiger partial charge in [0.25, 0.3) is 0 Å². The molecule has 4 rings (SSSR count). The molecule has 2 aromatic heterocycles. The largest absolute Gasteiger partial charge is 0.493 e. The van der Waals surface area contributed by atoms with Gasteiger partial charge in [-0.2, -0.15) is 13.2 Å². The third-order valence-corrected chi connectivity index (χ3v) is 4.72. The van der Waals surface area contributed by atoms with Crippen molar-refractivity contribution in [3.05, 3.63) is 83.7 Å². The molecule has 2 heterocycles. The fourth-order valence-corrected chi connectivity index (χ4v) is 3.28. The number of nitrogens with one attached hydrogen (secondary N) is 1. The Labute approximate surface area is 171 Å². The highest BCUT2D eigenvalue weighted by atomic mass is 19.4. The van der Waals surface area contributed by atoms with Crippen LogP contribution in [0.25, 0.3) is 22.3 Å². The number of halogens is 3. The predicted octanol–water partition coefficient (Wildman–Crippen LogP) is 5.81. The molecule has 30 heavy (non-hydrogen) atoms. The van der Waals surface area contributed by atoms with E-state index in [-0.39, 0.29) is 0 Å². The third kappa shape index (κ3) is 4.31. The molecule has 0 bridgehead atoms. The van der Waals surface area contributed by atoms with Gasteiger partial charge in [-0.3, -0.25) is 4.98 Å². The lowest BCUT2D eigenvalue weighted by atomic mass is 10.1. The van der Waals surface area contributed by atoms with Crippen molar-refractivity contribution in [2.45, 2.75) is 19.3 Å². The van der Waals surface area contributed by atoms with E-state index in [1.807, 2.05) is 24.3 Å². The lowest BCUT2D eigenvalue weighted by Crippen LogP contribution is -2.12. The molecular formula is C23H19F3N2O2. The van der Waals surface area contributed by atoms with Crippen molar-refractivity contribution in [1.82, 2.24) is 10.3 Å². The minimum atomic E-state index is -4.41. The molecule has 4 nitrogen and oxygen atoms in total. The van der Waals surface area contributed by atoms with Crippen LogP contribution in [0.1, 0.15) is 16.7 Å². The van der Waals surface area contributed by atoms with Gasteiger partial charge >= 0.3 is 6.18 Å². The van der Waals surface area contributed by atoms with Gasteiger partial charge in [-0.05, 0) is 47.5 Å². The van der Waals surface area contributed by atoms with Crippen LogP contribution in [0.2, 0.25) is 0 Å². The predicted molar refractivity (Wildman–Crippen MR) is 108 cm³/mol. The molecule has 0 spiro atoms. The molecule has 0 fully saturated rings. The Kier molecular flexibility index (Phi) is 5.46. The van der Waals surface area contributed by atoms with Crippen molar-refractivity contribution in [3.63, 3.8) is 0 Å². The van der Waals surface area contributed by atoms with Crippen LogP contribution in [-0.2, 0) is 19.3 Å². The smallest absolute Gasteiger partial charge is 0.416 e. The first kappa shape index (κ1) is 20.0. The van der Waals surface area contributed by atoms with Gasteiger partial charge in [-0.15, -0.1) is 0 Å². The van der Waals surface area contributed by atoms with E-state index in [1.165, 1.54) is 13.2 Å². The minimum Gasteiger partial charge on any atom is -0.493 e. The zero-order valence-corrected chi connectivity index (χ0v) is 16.2. The van der Waals surface area contributed by atoms with E-state index in [1.54, 1.807) is 24.5 Å². The number of alkyl halides is 3. The van der Waals surface area contributed by atoms with Crippen molar-refractivity contribution in [1.29, 1.82) is 0 Å². The molecule has 0 amide bonds. The van der Waals surface area contributed by atoms with Gasteiger partial charge in [0.05, 0.1) is 12.7 Å². The van der Waals surface area contributed by atoms with Crippen LogP contribution in [-0.4, -0.2) is 12.1 Å². The van der Waals surface area contributed by atoms with Crippen LogP contribution in [0.5, 0.6) is 5.75 Å². The molecule has 154 valence electrons. The van der Waals surface area contributed by atoms with Crippen molar-refractivity contribution in [3.8, 4) is 17.1 Å². The maximum atomic E-state index is 13.0. The first-order valence-electron chi connectivity index (χ1n) is 9.32. The second-order valence-corrected chi connectivity index (χ2v) is 6.87. The summed E-state index contributed by atoms with van der Waals surface area (Å²) in [4.78, 5) is 4.09. The standard InChI is InChI=1S/C23H19F3N2O2/c1-29-21-9-16(14-28-13-15-4-3-7-27-12-15)8-18-11-20(30-22(18)21)17-5-2-6-19(10-17)23(24,25)26/h2-12,28H,13-14H2,1H3. The van der Waals surface area contributed by atoms with E-state index < -0.39 is 11.7 Å². The van der Waals surface area contributed by atoms with Crippen molar-refractivity contribution < 1.29 is 22.3 Å². The zero-order valence-electron chi connectivity index (χ0n) is 16.2. The van der Waals surface area contributed by atoms with Crippen LogP contribution in [0, 0.1) is 0 Å². The van der Waals surface area contributed by atoms with Crippen LogP contribution in [0.15, 0.2) is 71.4 Å². The van der Waals surface area contributed by atoms with E-state index in [9.17, 15) is 13.2 Å². The fraction of sp³-hybridized carbons (Fsp3) is 0.174. The summed E-state index contributed by atoms with van der Waals surface area (Å²) in [6.45, 7) is 1.25. The van der Waals surface area contributed by atoms with Gasteiger partial charge < -0.3 is 14.5 Å². The first-order chi connectivity index (χ1) is 14.4. The van der Waals surface area contributed by atoms with Gasteiger partial charge in [-0.1, -0.05) is 18.2 Å².